The lowest BCUT2D eigenvalue weighted by molar-refractivity contribution is -0.137. The van der Waals surface area contributed by atoms with Crippen molar-refractivity contribution in [3.63, 3.8) is 0 Å². The second-order valence-corrected chi connectivity index (χ2v) is 3.40. The van der Waals surface area contributed by atoms with Gasteiger partial charge in [-0.1, -0.05) is 6.42 Å². The van der Waals surface area contributed by atoms with Crippen LogP contribution in [-0.4, -0.2) is 15.6 Å². The lowest BCUT2D eigenvalue weighted by Gasteiger charge is -2.03. The second-order valence-electron chi connectivity index (χ2n) is 3.40. The zero-order valence-electron chi connectivity index (χ0n) is 8.52. The Labute approximate surface area is 88.8 Å². The number of unbranched alkanes of at least 4 members (excludes halogenated alkanes) is 2. The van der Waals surface area contributed by atoms with Gasteiger partial charge in [0.1, 0.15) is 11.8 Å². The summed E-state index contributed by atoms with van der Waals surface area (Å²) in [7, 11) is 0. The van der Waals surface area contributed by atoms with Crippen molar-refractivity contribution in [2.24, 2.45) is 0 Å². The van der Waals surface area contributed by atoms with E-state index < -0.39 is 5.97 Å². The number of carboxylic acids is 1. The minimum atomic E-state index is -0.742. The van der Waals surface area contributed by atoms with Crippen molar-refractivity contribution in [3.05, 3.63) is 24.0 Å². The Balaban J connectivity index is 2.21. The van der Waals surface area contributed by atoms with Gasteiger partial charge < -0.3 is 9.67 Å². The normalized spacial score (nSPS) is 9.80. The van der Waals surface area contributed by atoms with Crippen LogP contribution < -0.4 is 0 Å². The Morgan fingerprint density at radius 3 is 2.93 bits per heavy atom. The molecule has 4 heteroatoms. The maximum absolute atomic E-state index is 10.2. The number of nitriles is 1. The molecule has 0 aliphatic carbocycles. The van der Waals surface area contributed by atoms with Gasteiger partial charge in [0.15, 0.2) is 0 Å². The third kappa shape index (κ3) is 3.86. The van der Waals surface area contributed by atoms with Crippen LogP contribution in [0.25, 0.3) is 0 Å². The van der Waals surface area contributed by atoms with Crippen LogP contribution in [0, 0.1) is 11.3 Å². The molecule has 0 atom stereocenters. The van der Waals surface area contributed by atoms with Gasteiger partial charge in [0.2, 0.25) is 0 Å². The van der Waals surface area contributed by atoms with Gasteiger partial charge in [-0.25, -0.2) is 0 Å². The van der Waals surface area contributed by atoms with E-state index in [1.165, 1.54) is 0 Å². The molecule has 0 fully saturated rings. The highest BCUT2D eigenvalue weighted by molar-refractivity contribution is 5.66. The molecule has 0 aliphatic heterocycles. The van der Waals surface area contributed by atoms with Gasteiger partial charge in [-0.15, -0.1) is 0 Å². The van der Waals surface area contributed by atoms with Gasteiger partial charge in [0.25, 0.3) is 0 Å². The van der Waals surface area contributed by atoms with E-state index in [4.69, 9.17) is 10.4 Å². The Hall–Kier alpha value is -1.76. The topological polar surface area (TPSA) is 66.0 Å². The molecule has 1 rings (SSSR count). The summed E-state index contributed by atoms with van der Waals surface area (Å²) in [5.74, 6) is -0.742. The molecule has 15 heavy (non-hydrogen) atoms. The summed E-state index contributed by atoms with van der Waals surface area (Å²) >= 11 is 0. The average Bonchev–Trinajstić information content (AvgIpc) is 2.64. The number of hydrogen-bond acceptors (Lipinski definition) is 2. The molecule has 80 valence electrons. The minimum Gasteiger partial charge on any atom is -0.481 e. The summed E-state index contributed by atoms with van der Waals surface area (Å²) in [6.07, 6.45) is 4.61. The Morgan fingerprint density at radius 1 is 1.47 bits per heavy atom. The number of rotatable bonds is 6. The molecular formula is C11H14N2O2. The highest BCUT2D eigenvalue weighted by Crippen LogP contribution is 2.06. The first-order valence-corrected chi connectivity index (χ1v) is 5.01. The van der Waals surface area contributed by atoms with Gasteiger partial charge in [0, 0.05) is 19.2 Å². The number of hydrogen-bond donors (Lipinski definition) is 1. The summed E-state index contributed by atoms with van der Waals surface area (Å²) in [5, 5.41) is 17.2. The van der Waals surface area contributed by atoms with Crippen LogP contribution in [0.4, 0.5) is 0 Å². The van der Waals surface area contributed by atoms with Crippen molar-refractivity contribution >= 4 is 5.97 Å². The highest BCUT2D eigenvalue weighted by Gasteiger charge is 1.99. The van der Waals surface area contributed by atoms with Crippen LogP contribution in [0.2, 0.25) is 0 Å². The standard InChI is InChI=1S/C11H14N2O2/c12-9-10-5-4-8-13(10)7-3-1-2-6-11(14)15/h4-5,8H,1-3,6-7H2,(H,14,15). The monoisotopic (exact) mass is 206 g/mol. The molecule has 0 spiro atoms. The molecule has 1 aromatic heterocycles. The van der Waals surface area contributed by atoms with Gasteiger partial charge in [-0.05, 0) is 25.0 Å². The molecule has 1 heterocycles. The van der Waals surface area contributed by atoms with E-state index in [1.807, 2.05) is 16.8 Å². The maximum Gasteiger partial charge on any atom is 0.303 e. The van der Waals surface area contributed by atoms with Crippen LogP contribution in [0.5, 0.6) is 0 Å². The van der Waals surface area contributed by atoms with E-state index in [1.54, 1.807) is 6.07 Å². The lowest BCUT2D eigenvalue weighted by atomic mass is 10.2. The summed E-state index contributed by atoms with van der Waals surface area (Å²) in [6.45, 7) is 0.787. The SMILES string of the molecule is N#Cc1cccn1CCCCCC(=O)O. The van der Waals surface area contributed by atoms with Crippen LogP contribution in [0.3, 0.4) is 0 Å². The molecule has 1 N–H and O–H groups in total. The number of nitrogens with zero attached hydrogens (tertiary/aromatic N) is 2. The Bertz CT molecular complexity index is 363. The molecule has 0 amide bonds. The molecule has 4 nitrogen and oxygen atoms in total. The fourth-order valence-electron chi connectivity index (χ4n) is 1.45. The van der Waals surface area contributed by atoms with Crippen molar-refractivity contribution in [1.82, 2.24) is 4.57 Å². The largest absolute Gasteiger partial charge is 0.481 e. The molecule has 0 aromatic carbocycles. The van der Waals surface area contributed by atoms with E-state index >= 15 is 0 Å². The van der Waals surface area contributed by atoms with Gasteiger partial charge in [-0.2, -0.15) is 5.26 Å². The number of aliphatic carboxylic acids is 1. The van der Waals surface area contributed by atoms with Gasteiger partial charge in [0.05, 0.1) is 0 Å². The summed E-state index contributed by atoms with van der Waals surface area (Å²) in [5.41, 5.74) is 0.660. The molecule has 0 bridgehead atoms. The zero-order chi connectivity index (χ0) is 11.1. The van der Waals surface area contributed by atoms with Crippen LogP contribution >= 0.6 is 0 Å². The molecule has 0 aliphatic rings. The van der Waals surface area contributed by atoms with Crippen molar-refractivity contribution in [3.8, 4) is 6.07 Å². The second kappa shape index (κ2) is 5.86. The highest BCUT2D eigenvalue weighted by atomic mass is 16.4. The number of carbonyl (C=O) groups is 1. The van der Waals surface area contributed by atoms with E-state index in [-0.39, 0.29) is 6.42 Å². The zero-order valence-corrected chi connectivity index (χ0v) is 8.52. The Morgan fingerprint density at radius 2 is 2.27 bits per heavy atom. The summed E-state index contributed by atoms with van der Waals surface area (Å²) in [6, 6.07) is 5.72. The molecule has 0 unspecified atom stereocenters. The third-order valence-corrected chi connectivity index (χ3v) is 2.23. The molecule has 0 saturated heterocycles. The average molecular weight is 206 g/mol. The summed E-state index contributed by atoms with van der Waals surface area (Å²) in [4.78, 5) is 10.2. The van der Waals surface area contributed by atoms with E-state index in [2.05, 4.69) is 6.07 Å². The first-order chi connectivity index (χ1) is 7.24. The molecule has 0 radical (unpaired) electrons. The maximum atomic E-state index is 10.2. The molecule has 1 aromatic rings. The number of carboxylic acid groups (broad SMARTS) is 1. The van der Waals surface area contributed by atoms with Gasteiger partial charge >= 0.3 is 5.97 Å². The quantitative estimate of drug-likeness (QED) is 0.724. The number of aryl methyl sites for hydroxylation is 1. The van der Waals surface area contributed by atoms with E-state index in [0.717, 1.165) is 19.4 Å². The van der Waals surface area contributed by atoms with E-state index in [9.17, 15) is 4.79 Å². The molecular weight excluding hydrogens is 192 g/mol. The predicted molar refractivity (Wildman–Crippen MR) is 55.3 cm³/mol. The number of aromatic nitrogens is 1. The predicted octanol–water partition coefficient (Wildman–Crippen LogP) is 2.00. The van der Waals surface area contributed by atoms with Crippen molar-refractivity contribution in [2.45, 2.75) is 32.2 Å². The lowest BCUT2D eigenvalue weighted by Crippen LogP contribution is -2.00. The smallest absolute Gasteiger partial charge is 0.303 e. The third-order valence-electron chi connectivity index (χ3n) is 2.23. The first-order valence-electron chi connectivity index (χ1n) is 5.01. The Kier molecular flexibility index (Phi) is 4.42. The minimum absolute atomic E-state index is 0.233. The van der Waals surface area contributed by atoms with Gasteiger partial charge in [-0.3, -0.25) is 4.79 Å². The summed E-state index contributed by atoms with van der Waals surface area (Å²) < 4.78 is 1.89. The molecule has 0 saturated carbocycles. The first kappa shape index (κ1) is 11.3. The van der Waals surface area contributed by atoms with Crippen LogP contribution in [0.1, 0.15) is 31.4 Å². The van der Waals surface area contributed by atoms with Crippen molar-refractivity contribution < 1.29 is 9.90 Å². The van der Waals surface area contributed by atoms with Crippen molar-refractivity contribution in [2.75, 3.05) is 0 Å². The fraction of sp³-hybridized carbons (Fsp3) is 0.455. The van der Waals surface area contributed by atoms with Crippen molar-refractivity contribution in [1.29, 1.82) is 5.26 Å². The van der Waals surface area contributed by atoms with Crippen LogP contribution in [-0.2, 0) is 11.3 Å². The van der Waals surface area contributed by atoms with E-state index in [0.29, 0.717) is 12.1 Å². The fourth-order valence-corrected chi connectivity index (χ4v) is 1.45. The van der Waals surface area contributed by atoms with Crippen LogP contribution in [0.15, 0.2) is 18.3 Å².